The van der Waals surface area contributed by atoms with Crippen LogP contribution in [0.2, 0.25) is 0 Å². The molecule has 52 valence electrons. The third-order valence-electron chi connectivity index (χ3n) is 1.72. The molecular weight excluding hydrogens is 114 g/mol. The molecule has 2 heteroatoms. The normalized spacial score (nSPS) is 15.9. The first kappa shape index (κ1) is 8.38. The first-order valence-corrected chi connectivity index (χ1v) is 3.29. The van der Waals surface area contributed by atoms with Crippen LogP contribution in [-0.4, -0.2) is 12.1 Å². The molecule has 2 atom stereocenters. The highest BCUT2D eigenvalue weighted by Crippen LogP contribution is 2.08. The minimum absolute atomic E-state index is 0.132. The van der Waals surface area contributed by atoms with Gasteiger partial charge < -0.3 is 0 Å². The third-order valence-corrected chi connectivity index (χ3v) is 1.72. The molecule has 0 aliphatic heterocycles. The molecule has 0 amide bonds. The number of hydrogen-bond donors (Lipinski definition) is 0. The molecule has 2 nitrogen and oxygen atoms in total. The fourth-order valence-corrected chi connectivity index (χ4v) is 0.551. The Morgan fingerprint density at radius 3 is 2.44 bits per heavy atom. The highest BCUT2D eigenvalue weighted by molar-refractivity contribution is 5.33. The number of nitrogens with zero attached hydrogens (tertiary/aromatic N) is 1. The molecule has 0 spiro atoms. The Morgan fingerprint density at radius 1 is 1.56 bits per heavy atom. The second-order valence-electron chi connectivity index (χ2n) is 2.35. The van der Waals surface area contributed by atoms with Gasteiger partial charge in [0.25, 0.3) is 0 Å². The predicted molar refractivity (Wildman–Crippen MR) is 37.0 cm³/mol. The Balaban J connectivity index is 3.71. The molecule has 0 aromatic carbocycles. The van der Waals surface area contributed by atoms with Gasteiger partial charge in [-0.25, -0.2) is 9.79 Å². The molecule has 0 rings (SSSR count). The second kappa shape index (κ2) is 4.28. The molecule has 0 radical (unpaired) electrons. The van der Waals surface area contributed by atoms with Gasteiger partial charge in [-0.2, -0.15) is 0 Å². The van der Waals surface area contributed by atoms with Gasteiger partial charge in [-0.3, -0.25) is 0 Å². The molecule has 0 saturated carbocycles. The maximum atomic E-state index is 9.74. The smallest absolute Gasteiger partial charge is 0.211 e. The molecule has 0 heterocycles. The maximum absolute atomic E-state index is 9.74. The molecular formula is C7H13NO. The van der Waals surface area contributed by atoms with Gasteiger partial charge >= 0.3 is 0 Å². The van der Waals surface area contributed by atoms with Crippen molar-refractivity contribution in [3.05, 3.63) is 0 Å². The summed E-state index contributed by atoms with van der Waals surface area (Å²) in [5.41, 5.74) is 0. The van der Waals surface area contributed by atoms with Crippen LogP contribution in [0.25, 0.3) is 0 Å². The minimum atomic E-state index is 0.132. The van der Waals surface area contributed by atoms with Crippen molar-refractivity contribution in [3.63, 3.8) is 0 Å². The lowest BCUT2D eigenvalue weighted by atomic mass is 10.0. The number of isocyanates is 1. The topological polar surface area (TPSA) is 29.4 Å². The summed E-state index contributed by atoms with van der Waals surface area (Å²) in [5.74, 6) is 0.492. The average Bonchev–Trinajstić information content (AvgIpc) is 1.87. The third kappa shape index (κ3) is 3.04. The summed E-state index contributed by atoms with van der Waals surface area (Å²) >= 11 is 0. The fourth-order valence-electron chi connectivity index (χ4n) is 0.551. The summed E-state index contributed by atoms with van der Waals surface area (Å²) in [6.07, 6.45) is 2.62. The lowest BCUT2D eigenvalue weighted by Crippen LogP contribution is -2.09. The second-order valence-corrected chi connectivity index (χ2v) is 2.35. The van der Waals surface area contributed by atoms with E-state index in [9.17, 15) is 4.79 Å². The lowest BCUT2D eigenvalue weighted by Gasteiger charge is -2.09. The first-order valence-electron chi connectivity index (χ1n) is 3.29. The Kier molecular flexibility index (Phi) is 3.98. The summed E-state index contributed by atoms with van der Waals surface area (Å²) in [4.78, 5) is 13.3. The quantitative estimate of drug-likeness (QED) is 0.419. The van der Waals surface area contributed by atoms with E-state index >= 15 is 0 Å². The number of aliphatic imine (C=N–C) groups is 1. The maximum Gasteiger partial charge on any atom is 0.235 e. The lowest BCUT2D eigenvalue weighted by molar-refractivity contribution is 0.466. The van der Waals surface area contributed by atoms with Crippen molar-refractivity contribution >= 4 is 6.08 Å². The van der Waals surface area contributed by atoms with E-state index in [4.69, 9.17) is 0 Å². The van der Waals surface area contributed by atoms with Gasteiger partial charge in [-0.1, -0.05) is 20.3 Å². The van der Waals surface area contributed by atoms with Gasteiger partial charge in [0.05, 0.1) is 6.04 Å². The van der Waals surface area contributed by atoms with Gasteiger partial charge in [0.2, 0.25) is 6.08 Å². The zero-order chi connectivity index (χ0) is 7.28. The van der Waals surface area contributed by atoms with Crippen molar-refractivity contribution in [2.24, 2.45) is 10.9 Å². The van der Waals surface area contributed by atoms with Gasteiger partial charge in [0.15, 0.2) is 0 Å². The standard InChI is InChI=1S/C7H13NO/c1-4-6(2)7(3)8-5-9/h6-7H,4H2,1-3H3/t6-,7-/m0/s1. The van der Waals surface area contributed by atoms with Crippen LogP contribution in [0.3, 0.4) is 0 Å². The van der Waals surface area contributed by atoms with Crippen LogP contribution >= 0.6 is 0 Å². The van der Waals surface area contributed by atoms with E-state index in [1.165, 1.54) is 0 Å². The van der Waals surface area contributed by atoms with Crippen molar-refractivity contribution in [3.8, 4) is 0 Å². The van der Waals surface area contributed by atoms with Gasteiger partial charge in [-0.05, 0) is 12.8 Å². The molecule has 0 aliphatic rings. The van der Waals surface area contributed by atoms with Crippen LogP contribution in [-0.2, 0) is 4.79 Å². The van der Waals surface area contributed by atoms with E-state index in [0.29, 0.717) is 5.92 Å². The van der Waals surface area contributed by atoms with Crippen LogP contribution in [0.5, 0.6) is 0 Å². The zero-order valence-corrected chi connectivity index (χ0v) is 6.22. The van der Waals surface area contributed by atoms with Crippen LogP contribution in [0.4, 0.5) is 0 Å². The van der Waals surface area contributed by atoms with Gasteiger partial charge in [0.1, 0.15) is 0 Å². The van der Waals surface area contributed by atoms with Gasteiger partial charge in [0, 0.05) is 0 Å². The molecule has 0 aromatic heterocycles. The van der Waals surface area contributed by atoms with Crippen LogP contribution in [0.15, 0.2) is 4.99 Å². The van der Waals surface area contributed by atoms with Crippen LogP contribution < -0.4 is 0 Å². The van der Waals surface area contributed by atoms with E-state index in [1.807, 2.05) is 6.92 Å². The highest BCUT2D eigenvalue weighted by Gasteiger charge is 2.06. The Hall–Kier alpha value is -0.620. The molecule has 0 fully saturated rings. The summed E-state index contributed by atoms with van der Waals surface area (Å²) in [5, 5.41) is 0. The molecule has 9 heavy (non-hydrogen) atoms. The Morgan fingerprint density at radius 2 is 2.11 bits per heavy atom. The van der Waals surface area contributed by atoms with Gasteiger partial charge in [-0.15, -0.1) is 0 Å². The molecule has 0 aromatic rings. The van der Waals surface area contributed by atoms with Crippen molar-refractivity contribution in [2.75, 3.05) is 0 Å². The van der Waals surface area contributed by atoms with E-state index in [1.54, 1.807) is 6.08 Å². The Labute approximate surface area is 56.0 Å². The van der Waals surface area contributed by atoms with Crippen LogP contribution in [0.1, 0.15) is 27.2 Å². The highest BCUT2D eigenvalue weighted by atomic mass is 16.1. The van der Waals surface area contributed by atoms with E-state index < -0.39 is 0 Å². The molecule has 0 aliphatic carbocycles. The SMILES string of the molecule is CC[C@H](C)[C@H](C)N=C=O. The van der Waals surface area contributed by atoms with Crippen LogP contribution in [0, 0.1) is 5.92 Å². The summed E-state index contributed by atoms with van der Waals surface area (Å²) < 4.78 is 0. The molecule has 0 saturated heterocycles. The number of carbonyl (C=O) groups excluding carboxylic acids is 1. The molecule has 0 unspecified atom stereocenters. The minimum Gasteiger partial charge on any atom is -0.211 e. The van der Waals surface area contributed by atoms with E-state index in [2.05, 4.69) is 18.8 Å². The molecule has 0 N–H and O–H groups in total. The Bertz CT molecular complexity index is 116. The van der Waals surface area contributed by atoms with Crippen molar-refractivity contribution < 1.29 is 4.79 Å². The largest absolute Gasteiger partial charge is 0.235 e. The molecule has 0 bridgehead atoms. The van der Waals surface area contributed by atoms with E-state index in [-0.39, 0.29) is 6.04 Å². The predicted octanol–water partition coefficient (Wildman–Crippen LogP) is 1.76. The van der Waals surface area contributed by atoms with Crippen molar-refractivity contribution in [2.45, 2.75) is 33.2 Å². The van der Waals surface area contributed by atoms with E-state index in [0.717, 1.165) is 6.42 Å². The summed E-state index contributed by atoms with van der Waals surface area (Å²) in [7, 11) is 0. The monoisotopic (exact) mass is 127 g/mol. The average molecular weight is 127 g/mol. The van der Waals surface area contributed by atoms with Crippen molar-refractivity contribution in [1.29, 1.82) is 0 Å². The summed E-state index contributed by atoms with van der Waals surface area (Å²) in [6, 6.07) is 0.132. The zero-order valence-electron chi connectivity index (χ0n) is 6.22. The fraction of sp³-hybridized carbons (Fsp3) is 0.857. The number of hydrogen-bond acceptors (Lipinski definition) is 2. The first-order chi connectivity index (χ1) is 4.22. The van der Waals surface area contributed by atoms with Crippen molar-refractivity contribution in [1.82, 2.24) is 0 Å². The number of rotatable bonds is 3. The summed E-state index contributed by atoms with van der Waals surface area (Å²) in [6.45, 7) is 6.09.